The summed E-state index contributed by atoms with van der Waals surface area (Å²) in [4.78, 5) is 0. The Morgan fingerprint density at radius 2 is 2.38 bits per heavy atom. The van der Waals surface area contributed by atoms with Crippen molar-refractivity contribution in [2.24, 2.45) is 0 Å². The molecular formula is C13H18ClNO. The minimum Gasteiger partial charge on any atom is -0.385 e. The Labute approximate surface area is 102 Å². The minimum atomic E-state index is 0.462. The van der Waals surface area contributed by atoms with Gasteiger partial charge < -0.3 is 10.1 Å². The molecule has 1 aromatic rings. The fourth-order valence-corrected chi connectivity index (χ4v) is 2.18. The molecule has 1 unspecified atom stereocenters. The molecule has 2 rings (SSSR count). The van der Waals surface area contributed by atoms with Gasteiger partial charge in [0.05, 0.1) is 6.10 Å². The zero-order chi connectivity index (χ0) is 11.2. The fraction of sp³-hybridized carbons (Fsp3) is 0.538. The third-order valence-electron chi connectivity index (χ3n) is 2.90. The Hall–Kier alpha value is -0.730. The molecule has 0 aromatic heterocycles. The number of nitrogens with one attached hydrogen (secondary N) is 1. The topological polar surface area (TPSA) is 21.3 Å². The average Bonchev–Trinajstić information content (AvgIpc) is 2.82. The van der Waals surface area contributed by atoms with Crippen molar-refractivity contribution in [2.45, 2.75) is 31.2 Å². The molecule has 0 spiro atoms. The van der Waals surface area contributed by atoms with E-state index in [1.165, 1.54) is 12.8 Å². The summed E-state index contributed by atoms with van der Waals surface area (Å²) >= 11 is 5.79. The lowest BCUT2D eigenvalue weighted by Gasteiger charge is -2.11. The summed E-state index contributed by atoms with van der Waals surface area (Å²) in [6.45, 7) is 1.91. The molecule has 2 nitrogen and oxygen atoms in total. The molecule has 1 aliphatic heterocycles. The molecule has 0 radical (unpaired) electrons. The van der Waals surface area contributed by atoms with Crippen LogP contribution in [0.2, 0.25) is 0 Å². The first-order valence-corrected chi connectivity index (χ1v) is 6.42. The highest BCUT2D eigenvalue weighted by Crippen LogP contribution is 2.16. The summed E-state index contributed by atoms with van der Waals surface area (Å²) in [6, 6.07) is 8.25. The lowest BCUT2D eigenvalue weighted by atomic mass is 10.2. The first-order chi connectivity index (χ1) is 7.88. The Morgan fingerprint density at radius 1 is 1.44 bits per heavy atom. The van der Waals surface area contributed by atoms with Gasteiger partial charge in [-0.3, -0.25) is 0 Å². The number of benzene rings is 1. The van der Waals surface area contributed by atoms with Crippen LogP contribution in [-0.4, -0.2) is 19.3 Å². The van der Waals surface area contributed by atoms with Gasteiger partial charge in [0.1, 0.15) is 0 Å². The van der Waals surface area contributed by atoms with Crippen LogP contribution in [0, 0.1) is 0 Å². The normalized spacial score (nSPS) is 19.9. The molecule has 1 fully saturated rings. The number of hydrogen-bond acceptors (Lipinski definition) is 2. The maximum atomic E-state index is 5.79. The summed E-state index contributed by atoms with van der Waals surface area (Å²) in [5.41, 5.74) is 2.31. The van der Waals surface area contributed by atoms with Crippen LogP contribution in [-0.2, 0) is 10.6 Å². The van der Waals surface area contributed by atoms with Crippen LogP contribution in [0.3, 0.4) is 0 Å². The van der Waals surface area contributed by atoms with Crippen molar-refractivity contribution in [3.63, 3.8) is 0 Å². The van der Waals surface area contributed by atoms with Crippen molar-refractivity contribution < 1.29 is 4.74 Å². The van der Waals surface area contributed by atoms with Gasteiger partial charge in [-0.1, -0.05) is 12.1 Å². The van der Waals surface area contributed by atoms with Crippen molar-refractivity contribution in [1.29, 1.82) is 0 Å². The van der Waals surface area contributed by atoms with Crippen LogP contribution in [0.5, 0.6) is 0 Å². The SMILES string of the molecule is ClCc1cccc(NCCC2CCCO2)c1. The smallest absolute Gasteiger partial charge is 0.0592 e. The molecule has 1 aromatic carbocycles. The lowest BCUT2D eigenvalue weighted by molar-refractivity contribution is 0.107. The van der Waals surface area contributed by atoms with E-state index in [4.69, 9.17) is 16.3 Å². The standard InChI is InChI=1S/C13H18ClNO/c14-10-11-3-1-4-12(9-11)15-7-6-13-5-2-8-16-13/h1,3-4,9,13,15H,2,5-8,10H2. The van der Waals surface area contributed by atoms with Gasteiger partial charge in [0.2, 0.25) is 0 Å². The number of hydrogen-bond donors (Lipinski definition) is 1. The van der Waals surface area contributed by atoms with Crippen molar-refractivity contribution in [1.82, 2.24) is 0 Å². The monoisotopic (exact) mass is 239 g/mol. The lowest BCUT2D eigenvalue weighted by Crippen LogP contribution is -2.12. The molecule has 3 heteroatoms. The van der Waals surface area contributed by atoms with Crippen molar-refractivity contribution >= 4 is 17.3 Å². The van der Waals surface area contributed by atoms with Crippen molar-refractivity contribution in [3.05, 3.63) is 29.8 Å². The Bertz CT molecular complexity index is 323. The fourth-order valence-electron chi connectivity index (χ4n) is 2.01. The van der Waals surface area contributed by atoms with E-state index in [0.29, 0.717) is 12.0 Å². The number of halogens is 1. The van der Waals surface area contributed by atoms with Crippen LogP contribution >= 0.6 is 11.6 Å². The van der Waals surface area contributed by atoms with Gasteiger partial charge in [-0.15, -0.1) is 11.6 Å². The highest BCUT2D eigenvalue weighted by Gasteiger charge is 2.14. The quantitative estimate of drug-likeness (QED) is 0.796. The second-order valence-corrected chi connectivity index (χ2v) is 4.45. The van der Waals surface area contributed by atoms with Gasteiger partial charge in [0.25, 0.3) is 0 Å². The molecule has 0 bridgehead atoms. The van der Waals surface area contributed by atoms with E-state index in [1.54, 1.807) is 0 Å². The van der Waals surface area contributed by atoms with Gasteiger partial charge in [0, 0.05) is 24.7 Å². The van der Waals surface area contributed by atoms with E-state index in [2.05, 4.69) is 17.4 Å². The van der Waals surface area contributed by atoms with E-state index >= 15 is 0 Å². The molecule has 1 saturated heterocycles. The van der Waals surface area contributed by atoms with Crippen LogP contribution < -0.4 is 5.32 Å². The van der Waals surface area contributed by atoms with E-state index < -0.39 is 0 Å². The third kappa shape index (κ3) is 3.39. The second-order valence-electron chi connectivity index (χ2n) is 4.18. The molecule has 1 atom stereocenters. The molecule has 1 aliphatic rings. The maximum Gasteiger partial charge on any atom is 0.0592 e. The molecule has 1 N–H and O–H groups in total. The van der Waals surface area contributed by atoms with E-state index in [1.807, 2.05) is 12.1 Å². The molecular weight excluding hydrogens is 222 g/mol. The molecule has 88 valence electrons. The second kappa shape index (κ2) is 6.12. The van der Waals surface area contributed by atoms with Gasteiger partial charge >= 0.3 is 0 Å². The Kier molecular flexibility index (Phi) is 4.49. The minimum absolute atomic E-state index is 0.462. The molecule has 0 aliphatic carbocycles. The summed E-state index contributed by atoms with van der Waals surface area (Å²) in [7, 11) is 0. The van der Waals surface area contributed by atoms with E-state index in [-0.39, 0.29) is 0 Å². The predicted octanol–water partition coefficient (Wildman–Crippen LogP) is 3.41. The highest BCUT2D eigenvalue weighted by atomic mass is 35.5. The summed E-state index contributed by atoms with van der Waals surface area (Å²) in [6.07, 6.45) is 3.98. The van der Waals surface area contributed by atoms with Gasteiger partial charge in [0.15, 0.2) is 0 Å². The average molecular weight is 240 g/mol. The zero-order valence-corrected chi connectivity index (χ0v) is 10.2. The third-order valence-corrected chi connectivity index (χ3v) is 3.21. The summed E-state index contributed by atoms with van der Waals surface area (Å²) < 4.78 is 5.57. The van der Waals surface area contributed by atoms with Crippen LogP contribution in [0.25, 0.3) is 0 Å². The molecule has 0 amide bonds. The highest BCUT2D eigenvalue weighted by molar-refractivity contribution is 6.17. The molecule has 0 saturated carbocycles. The zero-order valence-electron chi connectivity index (χ0n) is 9.42. The van der Waals surface area contributed by atoms with E-state index in [0.717, 1.165) is 30.8 Å². The predicted molar refractivity (Wildman–Crippen MR) is 68.1 cm³/mol. The van der Waals surface area contributed by atoms with Gasteiger partial charge in [-0.25, -0.2) is 0 Å². The van der Waals surface area contributed by atoms with Crippen molar-refractivity contribution in [3.8, 4) is 0 Å². The van der Waals surface area contributed by atoms with Crippen LogP contribution in [0.1, 0.15) is 24.8 Å². The number of rotatable bonds is 5. The number of alkyl halides is 1. The van der Waals surface area contributed by atoms with Crippen LogP contribution in [0.4, 0.5) is 5.69 Å². The van der Waals surface area contributed by atoms with E-state index in [9.17, 15) is 0 Å². The Morgan fingerprint density at radius 3 is 3.12 bits per heavy atom. The first-order valence-electron chi connectivity index (χ1n) is 5.89. The Balaban J connectivity index is 1.75. The largest absolute Gasteiger partial charge is 0.385 e. The molecule has 16 heavy (non-hydrogen) atoms. The first kappa shape index (κ1) is 11.7. The number of ether oxygens (including phenoxy) is 1. The van der Waals surface area contributed by atoms with Gasteiger partial charge in [-0.2, -0.15) is 0 Å². The summed E-state index contributed by atoms with van der Waals surface area (Å²) in [5.74, 6) is 0.571. The van der Waals surface area contributed by atoms with Gasteiger partial charge in [-0.05, 0) is 37.0 Å². The maximum absolute atomic E-state index is 5.79. The summed E-state index contributed by atoms with van der Waals surface area (Å²) in [5, 5.41) is 3.41. The molecule has 1 heterocycles. The van der Waals surface area contributed by atoms with Crippen molar-refractivity contribution in [2.75, 3.05) is 18.5 Å². The number of anilines is 1. The van der Waals surface area contributed by atoms with Crippen LogP contribution in [0.15, 0.2) is 24.3 Å².